The van der Waals surface area contributed by atoms with E-state index in [9.17, 15) is 15.3 Å². The van der Waals surface area contributed by atoms with E-state index >= 15 is 0 Å². The Bertz CT molecular complexity index is 306. The smallest absolute Gasteiger partial charge is 0.194 e. The minimum Gasteiger partial charge on any atom is -0.394 e. The van der Waals surface area contributed by atoms with E-state index in [1.165, 1.54) is 6.92 Å². The molecule has 9 heteroatoms. The van der Waals surface area contributed by atoms with E-state index < -0.39 is 36.8 Å². The Morgan fingerprint density at radius 3 is 2.18 bits per heavy atom. The average molecular weight is 325 g/mol. The van der Waals surface area contributed by atoms with Gasteiger partial charge in [0.05, 0.1) is 39.6 Å². The highest BCUT2D eigenvalue weighted by Gasteiger charge is 2.51. The van der Waals surface area contributed by atoms with Crippen molar-refractivity contribution in [1.82, 2.24) is 0 Å². The third-order valence-electron chi connectivity index (χ3n) is 3.41. The topological polar surface area (TPSA) is 144 Å². The first-order chi connectivity index (χ1) is 10.5. The minimum absolute atomic E-state index is 0.103. The van der Waals surface area contributed by atoms with Crippen molar-refractivity contribution in [3.05, 3.63) is 0 Å². The van der Waals surface area contributed by atoms with E-state index in [-0.39, 0.29) is 13.2 Å². The summed E-state index contributed by atoms with van der Waals surface area (Å²) in [7, 11) is 0. The average Bonchev–Trinajstić information content (AvgIpc) is 2.52. The second kappa shape index (κ2) is 9.71. The van der Waals surface area contributed by atoms with Crippen molar-refractivity contribution >= 4 is 0 Å². The summed E-state index contributed by atoms with van der Waals surface area (Å²) < 4.78 is 21.2. The molecule has 6 N–H and O–H groups in total. The van der Waals surface area contributed by atoms with Crippen LogP contribution in [0.2, 0.25) is 0 Å². The van der Waals surface area contributed by atoms with E-state index in [0.717, 1.165) is 0 Å². The van der Waals surface area contributed by atoms with E-state index in [1.54, 1.807) is 0 Å². The second-order valence-corrected chi connectivity index (χ2v) is 5.14. The van der Waals surface area contributed by atoms with Crippen LogP contribution in [0.1, 0.15) is 6.92 Å². The summed E-state index contributed by atoms with van der Waals surface area (Å²) in [4.78, 5) is 0. The maximum Gasteiger partial charge on any atom is 0.194 e. The molecule has 0 aromatic rings. The number of ether oxygens (including phenoxy) is 4. The Balaban J connectivity index is 2.30. The van der Waals surface area contributed by atoms with Crippen LogP contribution in [0.15, 0.2) is 0 Å². The lowest BCUT2D eigenvalue weighted by Crippen LogP contribution is -2.65. The molecular weight excluding hydrogens is 298 g/mol. The Morgan fingerprint density at radius 2 is 1.59 bits per heavy atom. The summed E-state index contributed by atoms with van der Waals surface area (Å²) in [5.41, 5.74) is 5.27. The molecule has 1 rings (SSSR count). The molecule has 1 saturated heterocycles. The molecule has 0 bridgehead atoms. The molecule has 22 heavy (non-hydrogen) atoms. The van der Waals surface area contributed by atoms with Crippen LogP contribution in [0.5, 0.6) is 0 Å². The zero-order valence-corrected chi connectivity index (χ0v) is 12.8. The van der Waals surface area contributed by atoms with E-state index in [0.29, 0.717) is 26.4 Å². The maximum atomic E-state index is 9.97. The van der Waals surface area contributed by atoms with Gasteiger partial charge in [0, 0.05) is 6.54 Å². The van der Waals surface area contributed by atoms with E-state index in [2.05, 4.69) is 0 Å². The summed E-state index contributed by atoms with van der Waals surface area (Å²) >= 11 is 0. The summed E-state index contributed by atoms with van der Waals surface area (Å²) in [6, 6.07) is 0. The molecule has 0 radical (unpaired) electrons. The third kappa shape index (κ3) is 5.37. The zero-order chi connectivity index (χ0) is 16.6. The molecule has 2 unspecified atom stereocenters. The number of hydrogen-bond donors (Lipinski definition) is 5. The van der Waals surface area contributed by atoms with Crippen molar-refractivity contribution in [2.75, 3.05) is 46.2 Å². The van der Waals surface area contributed by atoms with Crippen LogP contribution in [0.3, 0.4) is 0 Å². The van der Waals surface area contributed by atoms with Gasteiger partial charge in [-0.05, 0) is 6.92 Å². The Morgan fingerprint density at radius 1 is 1.00 bits per heavy atom. The van der Waals surface area contributed by atoms with Crippen molar-refractivity contribution in [1.29, 1.82) is 0 Å². The highest BCUT2D eigenvalue weighted by molar-refractivity contribution is 4.94. The molecule has 0 saturated carbocycles. The lowest BCUT2D eigenvalue weighted by molar-refractivity contribution is -0.357. The molecule has 0 amide bonds. The molecule has 1 aliphatic rings. The number of nitrogens with two attached hydrogens (primary N) is 1. The predicted octanol–water partition coefficient (Wildman–Crippen LogP) is -2.82. The SMILES string of the molecule is C[C@]1(OCCOCCOCCN)OC(CO)[C@@H](O)[C@H](O)C1O. The van der Waals surface area contributed by atoms with Gasteiger partial charge in [0.1, 0.15) is 24.4 Å². The van der Waals surface area contributed by atoms with Crippen molar-refractivity contribution in [3.63, 3.8) is 0 Å². The first-order valence-corrected chi connectivity index (χ1v) is 7.28. The van der Waals surface area contributed by atoms with Gasteiger partial charge < -0.3 is 45.1 Å². The van der Waals surface area contributed by atoms with Gasteiger partial charge in [-0.3, -0.25) is 0 Å². The standard InChI is InChI=1S/C13H27NO8/c1-13(21-7-6-20-5-4-19-3-2-14)12(18)11(17)10(16)9(8-15)22-13/h9-12,15-18H,2-8,14H2,1H3/t9?,10-,11+,12?,13+/m1/s1. The van der Waals surface area contributed by atoms with Crippen LogP contribution in [0.25, 0.3) is 0 Å². The third-order valence-corrected chi connectivity index (χ3v) is 3.41. The van der Waals surface area contributed by atoms with E-state index in [1.807, 2.05) is 0 Å². The lowest BCUT2D eigenvalue weighted by atomic mass is 9.93. The summed E-state index contributed by atoms with van der Waals surface area (Å²) in [5, 5.41) is 38.5. The highest BCUT2D eigenvalue weighted by Crippen LogP contribution is 2.30. The van der Waals surface area contributed by atoms with Crippen LogP contribution in [0, 0.1) is 0 Å². The molecule has 1 heterocycles. The number of aliphatic hydroxyl groups excluding tert-OH is 4. The van der Waals surface area contributed by atoms with E-state index in [4.69, 9.17) is 29.8 Å². The van der Waals surface area contributed by atoms with Crippen molar-refractivity contribution in [2.24, 2.45) is 5.73 Å². The molecule has 0 aromatic carbocycles. The minimum atomic E-state index is -1.54. The van der Waals surface area contributed by atoms with Crippen molar-refractivity contribution in [2.45, 2.75) is 37.1 Å². The molecule has 1 aliphatic heterocycles. The molecule has 0 spiro atoms. The lowest BCUT2D eigenvalue weighted by Gasteiger charge is -2.46. The van der Waals surface area contributed by atoms with Crippen LogP contribution in [0.4, 0.5) is 0 Å². The van der Waals surface area contributed by atoms with Crippen LogP contribution < -0.4 is 5.73 Å². The molecule has 5 atom stereocenters. The second-order valence-electron chi connectivity index (χ2n) is 5.14. The fourth-order valence-electron chi connectivity index (χ4n) is 2.13. The molecule has 0 aliphatic carbocycles. The fraction of sp³-hybridized carbons (Fsp3) is 1.00. The highest BCUT2D eigenvalue weighted by atomic mass is 16.7. The molecule has 132 valence electrons. The summed E-state index contributed by atoms with van der Waals surface area (Å²) in [5.74, 6) is -1.54. The fourth-order valence-corrected chi connectivity index (χ4v) is 2.13. The normalized spacial score (nSPS) is 35.7. The molecule has 9 nitrogen and oxygen atoms in total. The largest absolute Gasteiger partial charge is 0.394 e. The summed E-state index contributed by atoms with van der Waals surface area (Å²) in [6.07, 6.45) is -5.33. The Labute approximate surface area is 129 Å². The van der Waals surface area contributed by atoms with Gasteiger partial charge in [0.2, 0.25) is 0 Å². The maximum absolute atomic E-state index is 9.97. The van der Waals surface area contributed by atoms with Crippen LogP contribution in [-0.2, 0) is 18.9 Å². The number of aliphatic hydroxyl groups is 4. The molecule has 1 fully saturated rings. The van der Waals surface area contributed by atoms with Gasteiger partial charge in [-0.15, -0.1) is 0 Å². The first-order valence-electron chi connectivity index (χ1n) is 7.28. The van der Waals surface area contributed by atoms with Gasteiger partial charge >= 0.3 is 0 Å². The molecular formula is C13H27NO8. The van der Waals surface area contributed by atoms with Gasteiger partial charge in [-0.1, -0.05) is 0 Å². The quantitative estimate of drug-likeness (QED) is 0.269. The van der Waals surface area contributed by atoms with Crippen LogP contribution in [-0.4, -0.2) is 96.8 Å². The van der Waals surface area contributed by atoms with Crippen molar-refractivity contribution < 1.29 is 39.4 Å². The van der Waals surface area contributed by atoms with Crippen LogP contribution >= 0.6 is 0 Å². The van der Waals surface area contributed by atoms with Gasteiger partial charge in [0.25, 0.3) is 0 Å². The Kier molecular flexibility index (Phi) is 8.69. The van der Waals surface area contributed by atoms with Crippen molar-refractivity contribution in [3.8, 4) is 0 Å². The number of hydrogen-bond acceptors (Lipinski definition) is 9. The first kappa shape index (κ1) is 19.7. The Hall–Kier alpha value is -0.360. The zero-order valence-electron chi connectivity index (χ0n) is 12.8. The molecule has 0 aromatic heterocycles. The van der Waals surface area contributed by atoms with Gasteiger partial charge in [0.15, 0.2) is 5.79 Å². The van der Waals surface area contributed by atoms with Gasteiger partial charge in [-0.25, -0.2) is 0 Å². The monoisotopic (exact) mass is 325 g/mol. The predicted molar refractivity (Wildman–Crippen MR) is 75.0 cm³/mol. The summed E-state index contributed by atoms with van der Waals surface area (Å²) in [6.45, 7) is 3.00. The number of rotatable bonds is 10. The van der Waals surface area contributed by atoms with Gasteiger partial charge in [-0.2, -0.15) is 0 Å².